The average molecular weight is 352 g/mol. The number of benzene rings is 2. The molecule has 2 aromatic rings. The summed E-state index contributed by atoms with van der Waals surface area (Å²) in [6, 6.07) is 12.7. The number of amides is 2. The van der Waals surface area contributed by atoms with Crippen LogP contribution in [0.5, 0.6) is 0 Å². The number of hydrogen-bond acceptors (Lipinski definition) is 2. The van der Waals surface area contributed by atoms with E-state index in [1.54, 1.807) is 19.1 Å². The predicted octanol–water partition coefficient (Wildman–Crippen LogP) is 4.36. The van der Waals surface area contributed by atoms with Crippen molar-refractivity contribution in [2.45, 2.75) is 53.0 Å². The lowest BCUT2D eigenvalue weighted by Crippen LogP contribution is -2.41. The first-order chi connectivity index (χ1) is 12.1. The summed E-state index contributed by atoms with van der Waals surface area (Å²) in [5.74, 6) is -0.495. The standard InChI is InChI=1S/C22H28N2O2/c1-14-7-12-19(15(2)13-14)24-20(25)16(3)23-21(26)17-8-10-18(11-9-17)22(4,5)6/h7-13,16H,1-6H3,(H,23,26)(H,24,25)/t16-/m0/s1. The van der Waals surface area contributed by atoms with Crippen LogP contribution in [0.3, 0.4) is 0 Å². The molecule has 2 amide bonds. The Kier molecular flexibility index (Phi) is 5.86. The molecule has 0 heterocycles. The lowest BCUT2D eigenvalue weighted by atomic mass is 9.86. The van der Waals surface area contributed by atoms with Gasteiger partial charge in [-0.2, -0.15) is 0 Å². The fraction of sp³-hybridized carbons (Fsp3) is 0.364. The minimum absolute atomic E-state index is 0.0358. The molecule has 0 spiro atoms. The van der Waals surface area contributed by atoms with Gasteiger partial charge in [-0.05, 0) is 55.5 Å². The third-order valence-corrected chi connectivity index (χ3v) is 4.39. The zero-order valence-electron chi connectivity index (χ0n) is 16.4. The van der Waals surface area contributed by atoms with Crippen LogP contribution in [0.1, 0.15) is 54.7 Å². The molecule has 0 saturated heterocycles. The van der Waals surface area contributed by atoms with Gasteiger partial charge in [-0.15, -0.1) is 0 Å². The summed E-state index contributed by atoms with van der Waals surface area (Å²) in [7, 11) is 0. The molecule has 0 aliphatic heterocycles. The molecular formula is C22H28N2O2. The lowest BCUT2D eigenvalue weighted by molar-refractivity contribution is -0.117. The van der Waals surface area contributed by atoms with Crippen LogP contribution < -0.4 is 10.6 Å². The second-order valence-electron chi connectivity index (χ2n) is 7.83. The van der Waals surface area contributed by atoms with Gasteiger partial charge < -0.3 is 10.6 Å². The summed E-state index contributed by atoms with van der Waals surface area (Å²) in [5.41, 5.74) is 4.64. The largest absolute Gasteiger partial charge is 0.341 e. The Morgan fingerprint density at radius 2 is 1.58 bits per heavy atom. The van der Waals surface area contributed by atoms with Gasteiger partial charge in [0.1, 0.15) is 6.04 Å². The van der Waals surface area contributed by atoms with E-state index in [1.165, 1.54) is 0 Å². The van der Waals surface area contributed by atoms with Gasteiger partial charge in [0.15, 0.2) is 0 Å². The molecule has 1 atom stereocenters. The molecule has 138 valence electrons. The normalized spacial score (nSPS) is 12.4. The van der Waals surface area contributed by atoms with Gasteiger partial charge in [-0.3, -0.25) is 9.59 Å². The first-order valence-corrected chi connectivity index (χ1v) is 8.87. The number of hydrogen-bond donors (Lipinski definition) is 2. The van der Waals surface area contributed by atoms with Crippen LogP contribution in [-0.4, -0.2) is 17.9 Å². The number of aryl methyl sites for hydroxylation is 2. The lowest BCUT2D eigenvalue weighted by Gasteiger charge is -2.19. The molecule has 0 aliphatic carbocycles. The van der Waals surface area contributed by atoms with Crippen molar-refractivity contribution >= 4 is 17.5 Å². The van der Waals surface area contributed by atoms with Crippen LogP contribution in [0, 0.1) is 13.8 Å². The van der Waals surface area contributed by atoms with Gasteiger partial charge in [0.05, 0.1) is 0 Å². The Hall–Kier alpha value is -2.62. The molecule has 0 saturated carbocycles. The zero-order valence-corrected chi connectivity index (χ0v) is 16.4. The highest BCUT2D eigenvalue weighted by Gasteiger charge is 2.18. The van der Waals surface area contributed by atoms with E-state index >= 15 is 0 Å². The Balaban J connectivity index is 2.00. The highest BCUT2D eigenvalue weighted by atomic mass is 16.2. The number of carbonyl (C=O) groups is 2. The SMILES string of the molecule is Cc1ccc(NC(=O)[C@H](C)NC(=O)c2ccc(C(C)(C)C)cc2)c(C)c1. The van der Waals surface area contributed by atoms with Crippen LogP contribution >= 0.6 is 0 Å². The molecule has 0 bridgehead atoms. The molecule has 0 unspecified atom stereocenters. The number of rotatable bonds is 4. The van der Waals surface area contributed by atoms with E-state index < -0.39 is 6.04 Å². The van der Waals surface area contributed by atoms with Crippen molar-refractivity contribution in [3.05, 3.63) is 64.7 Å². The van der Waals surface area contributed by atoms with Gasteiger partial charge in [0.2, 0.25) is 5.91 Å². The number of anilines is 1. The van der Waals surface area contributed by atoms with Crippen molar-refractivity contribution < 1.29 is 9.59 Å². The van der Waals surface area contributed by atoms with Crippen LogP contribution in [0.25, 0.3) is 0 Å². The van der Waals surface area contributed by atoms with E-state index in [2.05, 4.69) is 31.4 Å². The summed E-state index contributed by atoms with van der Waals surface area (Å²) in [4.78, 5) is 24.8. The molecule has 2 N–H and O–H groups in total. The summed E-state index contributed by atoms with van der Waals surface area (Å²) < 4.78 is 0. The molecule has 2 rings (SSSR count). The van der Waals surface area contributed by atoms with Crippen LogP contribution in [0.15, 0.2) is 42.5 Å². The molecule has 4 heteroatoms. The van der Waals surface area contributed by atoms with E-state index in [1.807, 2.05) is 44.2 Å². The molecule has 26 heavy (non-hydrogen) atoms. The van der Waals surface area contributed by atoms with Gasteiger partial charge in [-0.1, -0.05) is 50.6 Å². The Morgan fingerprint density at radius 1 is 0.962 bits per heavy atom. The molecule has 4 nitrogen and oxygen atoms in total. The maximum absolute atomic E-state index is 12.4. The predicted molar refractivity (Wildman–Crippen MR) is 107 cm³/mol. The van der Waals surface area contributed by atoms with Crippen LogP contribution in [0.2, 0.25) is 0 Å². The van der Waals surface area contributed by atoms with Gasteiger partial charge in [-0.25, -0.2) is 0 Å². The molecule has 0 radical (unpaired) electrons. The maximum Gasteiger partial charge on any atom is 0.251 e. The molecule has 0 aliphatic rings. The summed E-state index contributed by atoms with van der Waals surface area (Å²) in [5, 5.41) is 5.62. The van der Waals surface area contributed by atoms with Crippen molar-refractivity contribution in [3.63, 3.8) is 0 Å². The van der Waals surface area contributed by atoms with E-state index in [9.17, 15) is 9.59 Å². The Morgan fingerprint density at radius 3 is 2.12 bits per heavy atom. The third kappa shape index (κ3) is 4.94. The van der Waals surface area contributed by atoms with E-state index in [0.29, 0.717) is 5.56 Å². The molecular weight excluding hydrogens is 324 g/mol. The van der Waals surface area contributed by atoms with Crippen LogP contribution in [-0.2, 0) is 10.2 Å². The zero-order chi connectivity index (χ0) is 19.5. The first-order valence-electron chi connectivity index (χ1n) is 8.87. The quantitative estimate of drug-likeness (QED) is 0.859. The molecule has 0 fully saturated rings. The van der Waals surface area contributed by atoms with Gasteiger partial charge >= 0.3 is 0 Å². The minimum Gasteiger partial charge on any atom is -0.341 e. The van der Waals surface area contributed by atoms with Gasteiger partial charge in [0, 0.05) is 11.3 Å². The second kappa shape index (κ2) is 7.73. The monoisotopic (exact) mass is 352 g/mol. The van der Waals surface area contributed by atoms with Crippen molar-refractivity contribution in [1.82, 2.24) is 5.32 Å². The van der Waals surface area contributed by atoms with Crippen molar-refractivity contribution in [1.29, 1.82) is 0 Å². The van der Waals surface area contributed by atoms with E-state index in [-0.39, 0.29) is 17.2 Å². The number of carbonyl (C=O) groups excluding carboxylic acids is 2. The summed E-state index contributed by atoms with van der Waals surface area (Å²) in [6.07, 6.45) is 0. The van der Waals surface area contributed by atoms with Crippen LogP contribution in [0.4, 0.5) is 5.69 Å². The highest BCUT2D eigenvalue weighted by Crippen LogP contribution is 2.22. The first kappa shape index (κ1) is 19.7. The summed E-state index contributed by atoms with van der Waals surface area (Å²) in [6.45, 7) is 12.0. The van der Waals surface area contributed by atoms with Crippen molar-refractivity contribution in [3.8, 4) is 0 Å². The minimum atomic E-state index is -0.634. The fourth-order valence-electron chi connectivity index (χ4n) is 2.66. The number of nitrogens with one attached hydrogen (secondary N) is 2. The molecule has 0 aromatic heterocycles. The van der Waals surface area contributed by atoms with Crippen molar-refractivity contribution in [2.24, 2.45) is 0 Å². The maximum atomic E-state index is 12.4. The van der Waals surface area contributed by atoms with Crippen molar-refractivity contribution in [2.75, 3.05) is 5.32 Å². The Bertz CT molecular complexity index is 802. The average Bonchev–Trinajstić information content (AvgIpc) is 2.56. The summed E-state index contributed by atoms with van der Waals surface area (Å²) >= 11 is 0. The van der Waals surface area contributed by atoms with Gasteiger partial charge in [0.25, 0.3) is 5.91 Å². The smallest absolute Gasteiger partial charge is 0.251 e. The third-order valence-electron chi connectivity index (χ3n) is 4.39. The fourth-order valence-corrected chi connectivity index (χ4v) is 2.66. The molecule has 2 aromatic carbocycles. The van der Waals surface area contributed by atoms with E-state index in [4.69, 9.17) is 0 Å². The highest BCUT2D eigenvalue weighted by molar-refractivity contribution is 6.01. The topological polar surface area (TPSA) is 58.2 Å². The second-order valence-corrected chi connectivity index (χ2v) is 7.83. The Labute approximate surface area is 156 Å². The van der Waals surface area contributed by atoms with E-state index in [0.717, 1.165) is 22.4 Å².